The van der Waals surface area contributed by atoms with Gasteiger partial charge in [0.15, 0.2) is 12.4 Å². The third-order valence-corrected chi connectivity index (χ3v) is 6.32. The molecule has 0 unspecified atom stereocenters. The van der Waals surface area contributed by atoms with Crippen molar-refractivity contribution in [3.63, 3.8) is 0 Å². The van der Waals surface area contributed by atoms with Gasteiger partial charge in [-0.1, -0.05) is 31.5 Å². The van der Waals surface area contributed by atoms with Gasteiger partial charge in [-0.2, -0.15) is 9.67 Å². The van der Waals surface area contributed by atoms with E-state index in [0.717, 1.165) is 16.0 Å². The van der Waals surface area contributed by atoms with Gasteiger partial charge in [-0.15, -0.1) is 0 Å². The van der Waals surface area contributed by atoms with Crippen LogP contribution in [0.5, 0.6) is 5.88 Å². The number of pyridine rings is 1. The van der Waals surface area contributed by atoms with E-state index in [0.29, 0.717) is 16.4 Å². The van der Waals surface area contributed by atoms with E-state index >= 15 is 0 Å². The first-order chi connectivity index (χ1) is 16.6. The second-order valence-corrected chi connectivity index (χ2v) is 9.24. The molecule has 0 N–H and O–H groups in total. The zero-order valence-electron chi connectivity index (χ0n) is 20.3. The molecule has 182 valence electrons. The molecule has 2 aromatic heterocycles. The van der Waals surface area contributed by atoms with E-state index in [2.05, 4.69) is 5.10 Å². The molecule has 0 radical (unpaired) electrons. The third kappa shape index (κ3) is 4.35. The number of nitrogens with zero attached hydrogens (tertiary/aromatic N) is 4. The van der Waals surface area contributed by atoms with Crippen LogP contribution < -0.4 is 9.67 Å². The third-order valence-electron chi connectivity index (χ3n) is 6.08. The number of hydrogen-bond donors (Lipinski definition) is 0. The lowest BCUT2D eigenvalue weighted by Crippen LogP contribution is -2.41. The van der Waals surface area contributed by atoms with E-state index in [4.69, 9.17) is 16.3 Å². The van der Waals surface area contributed by atoms with Gasteiger partial charge in [-0.05, 0) is 49.4 Å². The second kappa shape index (κ2) is 9.64. The maximum atomic E-state index is 13.8. The minimum atomic E-state index is -0.544. The molecule has 4 rings (SSSR count). The van der Waals surface area contributed by atoms with Gasteiger partial charge in [0.2, 0.25) is 0 Å². The standard InChI is InChI=1S/C26H27ClN4O4/c1-15(2)22-20(25(33)31(28-22)19-8-6-7-18(27)13-19)21-23(29-10-9-16(3)17(4)14-29)26(34)30(24(21)32)11-12-35-5/h6-10,13-15H,11-12H2,1-5H3. The molecule has 3 aromatic rings. The topological polar surface area (TPSA) is 91.4 Å². The molecular weight excluding hydrogens is 468 g/mol. The fraction of sp³-hybridized carbons (Fsp3) is 0.308. The Morgan fingerprint density at radius 1 is 1.14 bits per heavy atom. The van der Waals surface area contributed by atoms with Gasteiger partial charge in [0.25, 0.3) is 11.6 Å². The molecule has 1 aliphatic heterocycles. The summed E-state index contributed by atoms with van der Waals surface area (Å²) in [6.45, 7) is 7.91. The highest BCUT2D eigenvalue weighted by Crippen LogP contribution is 2.39. The molecule has 9 heteroatoms. The van der Waals surface area contributed by atoms with Gasteiger partial charge in [-0.3, -0.25) is 14.5 Å². The largest absolute Gasteiger partial charge is 0.858 e. The summed E-state index contributed by atoms with van der Waals surface area (Å²) in [5.74, 6) is -1.70. The van der Waals surface area contributed by atoms with Crippen molar-refractivity contribution < 1.29 is 24.0 Å². The number of aromatic nitrogens is 3. The van der Waals surface area contributed by atoms with Crippen molar-refractivity contribution in [1.82, 2.24) is 14.7 Å². The maximum Gasteiger partial charge on any atom is 0.326 e. The summed E-state index contributed by atoms with van der Waals surface area (Å²) in [5.41, 5.74) is 3.18. The zero-order chi connectivity index (χ0) is 25.4. The Kier molecular flexibility index (Phi) is 6.78. The summed E-state index contributed by atoms with van der Waals surface area (Å²) in [6.07, 6.45) is 3.51. The van der Waals surface area contributed by atoms with Crippen molar-refractivity contribution in [2.45, 2.75) is 33.6 Å². The highest BCUT2D eigenvalue weighted by Gasteiger charge is 2.46. The highest BCUT2D eigenvalue weighted by atomic mass is 35.5. The number of hydrogen-bond acceptors (Lipinski definition) is 5. The number of rotatable bonds is 7. The summed E-state index contributed by atoms with van der Waals surface area (Å²) >= 11 is 6.15. The molecule has 0 fully saturated rings. The molecule has 0 saturated carbocycles. The second-order valence-electron chi connectivity index (χ2n) is 8.81. The monoisotopic (exact) mass is 494 g/mol. The van der Waals surface area contributed by atoms with E-state index in [1.807, 2.05) is 33.8 Å². The lowest BCUT2D eigenvalue weighted by Gasteiger charge is -2.15. The fourth-order valence-electron chi connectivity index (χ4n) is 4.07. The minimum absolute atomic E-state index is 0.0429. The lowest BCUT2D eigenvalue weighted by molar-refractivity contribution is -0.577. The summed E-state index contributed by atoms with van der Waals surface area (Å²) < 4.78 is 7.97. The molecule has 0 atom stereocenters. The van der Waals surface area contributed by atoms with Gasteiger partial charge in [0.05, 0.1) is 24.5 Å². The Labute approximate surface area is 209 Å². The van der Waals surface area contributed by atoms with Crippen LogP contribution in [0.15, 0.2) is 42.7 Å². The highest BCUT2D eigenvalue weighted by molar-refractivity contribution is 6.45. The minimum Gasteiger partial charge on any atom is -0.858 e. The molecule has 1 aromatic carbocycles. The van der Waals surface area contributed by atoms with Crippen LogP contribution in [0.1, 0.15) is 42.1 Å². The quantitative estimate of drug-likeness (QED) is 0.372. The molecule has 0 bridgehead atoms. The predicted octanol–water partition coefficient (Wildman–Crippen LogP) is 3.01. The van der Waals surface area contributed by atoms with Crippen LogP contribution in [0.2, 0.25) is 5.02 Å². The number of halogens is 1. The first kappa shape index (κ1) is 24.6. The Balaban J connectivity index is 2.01. The van der Waals surface area contributed by atoms with E-state index in [1.54, 1.807) is 41.2 Å². The number of ether oxygens (including phenoxy) is 1. The van der Waals surface area contributed by atoms with Crippen LogP contribution in [0.3, 0.4) is 0 Å². The van der Waals surface area contributed by atoms with Gasteiger partial charge in [0.1, 0.15) is 5.57 Å². The number of carbonyl (C=O) groups excluding carboxylic acids is 2. The number of aryl methyl sites for hydroxylation is 2. The number of carbonyl (C=O) groups is 2. The molecule has 0 aliphatic carbocycles. The summed E-state index contributed by atoms with van der Waals surface area (Å²) in [4.78, 5) is 28.3. The average Bonchev–Trinajstić information content (AvgIpc) is 3.27. The van der Waals surface area contributed by atoms with E-state index in [-0.39, 0.29) is 35.9 Å². The molecule has 0 saturated heterocycles. The molecule has 3 heterocycles. The maximum absolute atomic E-state index is 13.8. The Morgan fingerprint density at radius 2 is 1.89 bits per heavy atom. The first-order valence-corrected chi connectivity index (χ1v) is 11.7. The van der Waals surface area contributed by atoms with E-state index in [1.165, 1.54) is 11.8 Å². The van der Waals surface area contributed by atoms with Crippen molar-refractivity contribution in [1.29, 1.82) is 0 Å². The van der Waals surface area contributed by atoms with Crippen LogP contribution in [-0.2, 0) is 14.3 Å². The van der Waals surface area contributed by atoms with Gasteiger partial charge < -0.3 is 9.84 Å². The van der Waals surface area contributed by atoms with Crippen molar-refractivity contribution >= 4 is 34.7 Å². The number of imide groups is 1. The van der Waals surface area contributed by atoms with E-state index < -0.39 is 17.7 Å². The molecule has 35 heavy (non-hydrogen) atoms. The Bertz CT molecular complexity index is 1360. The van der Waals surface area contributed by atoms with E-state index in [9.17, 15) is 14.7 Å². The first-order valence-electron chi connectivity index (χ1n) is 11.3. The van der Waals surface area contributed by atoms with Crippen molar-refractivity contribution in [2.24, 2.45) is 0 Å². The molecule has 2 amide bonds. The fourth-order valence-corrected chi connectivity index (χ4v) is 4.26. The van der Waals surface area contributed by atoms with Gasteiger partial charge in [0, 0.05) is 29.3 Å². The molecule has 1 aliphatic rings. The molecular formula is C26H27ClN4O4. The summed E-state index contributed by atoms with van der Waals surface area (Å²) in [7, 11) is 1.50. The predicted molar refractivity (Wildman–Crippen MR) is 130 cm³/mol. The van der Waals surface area contributed by atoms with Crippen LogP contribution in [0.25, 0.3) is 17.0 Å². The number of benzene rings is 1. The van der Waals surface area contributed by atoms with Crippen LogP contribution >= 0.6 is 11.6 Å². The van der Waals surface area contributed by atoms with Crippen LogP contribution in [-0.4, -0.2) is 46.8 Å². The normalized spacial score (nSPS) is 14.1. The zero-order valence-corrected chi connectivity index (χ0v) is 21.1. The molecule has 8 nitrogen and oxygen atoms in total. The summed E-state index contributed by atoms with van der Waals surface area (Å²) in [6, 6.07) is 8.64. The van der Waals surface area contributed by atoms with Gasteiger partial charge >= 0.3 is 5.91 Å². The smallest absolute Gasteiger partial charge is 0.326 e. The Hall–Kier alpha value is -3.49. The van der Waals surface area contributed by atoms with Crippen molar-refractivity contribution in [3.05, 3.63) is 70.1 Å². The number of amides is 2. The van der Waals surface area contributed by atoms with Gasteiger partial charge in [-0.25, -0.2) is 4.68 Å². The number of methoxy groups -OCH3 is 1. The van der Waals surface area contributed by atoms with Crippen LogP contribution in [0.4, 0.5) is 0 Å². The van der Waals surface area contributed by atoms with Crippen molar-refractivity contribution in [3.8, 4) is 11.6 Å². The average molecular weight is 495 g/mol. The SMILES string of the molecule is COCCN1C(=O)C(c2c(C(C)C)nn(-c3cccc(Cl)c3)c2[O-])=C([n+]2ccc(C)c(C)c2)C1=O. The van der Waals surface area contributed by atoms with Crippen LogP contribution in [0, 0.1) is 13.8 Å². The lowest BCUT2D eigenvalue weighted by atomic mass is 9.98. The Morgan fingerprint density at radius 3 is 2.51 bits per heavy atom. The molecule has 0 spiro atoms. The summed E-state index contributed by atoms with van der Waals surface area (Å²) in [5, 5.41) is 18.8. The van der Waals surface area contributed by atoms with Crippen molar-refractivity contribution in [2.75, 3.05) is 20.3 Å².